The molecule has 28 heavy (non-hydrogen) atoms. The van der Waals surface area contributed by atoms with Crippen LogP contribution in [0.3, 0.4) is 0 Å². The zero-order valence-electron chi connectivity index (χ0n) is 16.3. The first-order chi connectivity index (χ1) is 13.6. The van der Waals surface area contributed by atoms with Gasteiger partial charge in [-0.3, -0.25) is 4.79 Å². The van der Waals surface area contributed by atoms with Crippen LogP contribution in [0.4, 0.5) is 11.5 Å². The zero-order valence-corrected chi connectivity index (χ0v) is 16.3. The second-order valence-electron chi connectivity index (χ2n) is 6.52. The predicted octanol–water partition coefficient (Wildman–Crippen LogP) is 3.82. The molecule has 0 aliphatic rings. The van der Waals surface area contributed by atoms with E-state index in [9.17, 15) is 4.79 Å². The first-order valence-electron chi connectivity index (χ1n) is 9.13. The molecule has 2 N–H and O–H groups in total. The number of carbonyl (C=O) groups is 1. The van der Waals surface area contributed by atoms with Crippen LogP contribution in [0, 0.1) is 13.8 Å². The van der Waals surface area contributed by atoms with Gasteiger partial charge in [-0.1, -0.05) is 24.3 Å². The molecular weight excluding hydrogens is 352 g/mol. The van der Waals surface area contributed by atoms with E-state index in [-0.39, 0.29) is 5.91 Å². The van der Waals surface area contributed by atoms with Crippen LogP contribution in [0.1, 0.15) is 27.2 Å². The summed E-state index contributed by atoms with van der Waals surface area (Å²) in [6.45, 7) is 4.61. The number of methoxy groups -OCH3 is 1. The van der Waals surface area contributed by atoms with Crippen molar-refractivity contribution in [3.8, 4) is 5.75 Å². The highest BCUT2D eigenvalue weighted by atomic mass is 16.5. The Morgan fingerprint density at radius 2 is 1.89 bits per heavy atom. The molecule has 6 nitrogen and oxygen atoms in total. The van der Waals surface area contributed by atoms with Gasteiger partial charge in [0.15, 0.2) is 0 Å². The van der Waals surface area contributed by atoms with Gasteiger partial charge in [0, 0.05) is 18.3 Å². The first-order valence-corrected chi connectivity index (χ1v) is 9.13. The molecule has 0 bridgehead atoms. The standard InChI is InChI=1S/C22H24N4O2/c1-15-6-4-9-19(16(15)2)26-21-13-20(24-14-25-21)22(27)23-11-10-17-7-5-8-18(12-17)28-3/h4-9,12-14H,10-11H2,1-3H3,(H,23,27)(H,24,25,26). The molecule has 0 saturated carbocycles. The maximum atomic E-state index is 12.4. The molecule has 3 rings (SSSR count). The Morgan fingerprint density at radius 3 is 2.71 bits per heavy atom. The normalized spacial score (nSPS) is 10.4. The van der Waals surface area contributed by atoms with Crippen molar-refractivity contribution in [2.75, 3.05) is 19.0 Å². The molecule has 1 aromatic heterocycles. The Bertz CT molecular complexity index is 972. The lowest BCUT2D eigenvalue weighted by Crippen LogP contribution is -2.26. The number of amides is 1. The van der Waals surface area contributed by atoms with E-state index in [2.05, 4.69) is 33.6 Å². The SMILES string of the molecule is COc1cccc(CCNC(=O)c2cc(Nc3cccc(C)c3C)ncn2)c1. The Labute approximate surface area is 165 Å². The topological polar surface area (TPSA) is 76.1 Å². The zero-order chi connectivity index (χ0) is 19.9. The fourth-order valence-corrected chi connectivity index (χ4v) is 2.81. The van der Waals surface area contributed by atoms with E-state index in [0.29, 0.717) is 24.5 Å². The van der Waals surface area contributed by atoms with Crippen molar-refractivity contribution >= 4 is 17.4 Å². The summed E-state index contributed by atoms with van der Waals surface area (Å²) in [5, 5.41) is 6.16. The third-order valence-corrected chi connectivity index (χ3v) is 4.60. The van der Waals surface area contributed by atoms with E-state index in [1.165, 1.54) is 11.9 Å². The highest BCUT2D eigenvalue weighted by Crippen LogP contribution is 2.21. The summed E-state index contributed by atoms with van der Waals surface area (Å²) in [5.74, 6) is 1.16. The van der Waals surface area contributed by atoms with Crippen LogP contribution in [0.5, 0.6) is 5.75 Å². The van der Waals surface area contributed by atoms with Gasteiger partial charge in [0.2, 0.25) is 0 Å². The minimum atomic E-state index is -0.227. The summed E-state index contributed by atoms with van der Waals surface area (Å²) in [5.41, 5.74) is 4.72. The smallest absolute Gasteiger partial charge is 0.270 e. The maximum absolute atomic E-state index is 12.4. The van der Waals surface area contributed by atoms with Gasteiger partial charge in [0.05, 0.1) is 7.11 Å². The lowest BCUT2D eigenvalue weighted by Gasteiger charge is -2.11. The van der Waals surface area contributed by atoms with Crippen LogP contribution in [0.2, 0.25) is 0 Å². The number of nitrogens with zero attached hydrogens (tertiary/aromatic N) is 2. The van der Waals surface area contributed by atoms with E-state index >= 15 is 0 Å². The average molecular weight is 376 g/mol. The quantitative estimate of drug-likeness (QED) is 0.656. The summed E-state index contributed by atoms with van der Waals surface area (Å²) in [7, 11) is 1.64. The van der Waals surface area contributed by atoms with Crippen molar-refractivity contribution in [2.24, 2.45) is 0 Å². The average Bonchev–Trinajstić information content (AvgIpc) is 2.72. The van der Waals surface area contributed by atoms with Crippen LogP contribution >= 0.6 is 0 Å². The Kier molecular flexibility index (Phi) is 6.22. The van der Waals surface area contributed by atoms with Crippen LogP contribution < -0.4 is 15.4 Å². The number of benzene rings is 2. The molecule has 0 aliphatic heterocycles. The number of ether oxygens (including phenoxy) is 1. The third-order valence-electron chi connectivity index (χ3n) is 4.60. The molecule has 0 saturated heterocycles. The summed E-state index contributed by atoms with van der Waals surface area (Å²) in [6, 6.07) is 15.5. The van der Waals surface area contributed by atoms with Gasteiger partial charge >= 0.3 is 0 Å². The van der Waals surface area contributed by atoms with Gasteiger partial charge in [-0.05, 0) is 55.2 Å². The van der Waals surface area contributed by atoms with E-state index in [0.717, 1.165) is 22.6 Å². The number of hydrogen-bond acceptors (Lipinski definition) is 5. The summed E-state index contributed by atoms with van der Waals surface area (Å²) < 4.78 is 5.22. The predicted molar refractivity (Wildman–Crippen MR) is 110 cm³/mol. The lowest BCUT2D eigenvalue weighted by atomic mass is 10.1. The lowest BCUT2D eigenvalue weighted by molar-refractivity contribution is 0.0949. The van der Waals surface area contributed by atoms with Gasteiger partial charge in [-0.2, -0.15) is 0 Å². The van der Waals surface area contributed by atoms with Crippen molar-refractivity contribution in [1.29, 1.82) is 0 Å². The maximum Gasteiger partial charge on any atom is 0.270 e. The molecule has 1 amide bonds. The second kappa shape index (κ2) is 8.99. The molecule has 6 heteroatoms. The summed E-state index contributed by atoms with van der Waals surface area (Å²) in [6.07, 6.45) is 2.10. The molecular formula is C22H24N4O2. The number of aryl methyl sites for hydroxylation is 1. The second-order valence-corrected chi connectivity index (χ2v) is 6.52. The monoisotopic (exact) mass is 376 g/mol. The molecule has 0 fully saturated rings. The van der Waals surface area contributed by atoms with Crippen LogP contribution in [-0.2, 0) is 6.42 Å². The number of aromatic nitrogens is 2. The summed E-state index contributed by atoms with van der Waals surface area (Å²) in [4.78, 5) is 20.7. The molecule has 0 radical (unpaired) electrons. The minimum Gasteiger partial charge on any atom is -0.497 e. The van der Waals surface area contributed by atoms with E-state index in [1.807, 2.05) is 43.3 Å². The third kappa shape index (κ3) is 4.85. The number of carbonyl (C=O) groups excluding carboxylic acids is 1. The summed E-state index contributed by atoms with van der Waals surface area (Å²) >= 11 is 0. The molecule has 144 valence electrons. The van der Waals surface area contributed by atoms with Gasteiger partial charge in [0.1, 0.15) is 23.6 Å². The molecule has 0 unspecified atom stereocenters. The van der Waals surface area contributed by atoms with Gasteiger partial charge in [0.25, 0.3) is 5.91 Å². The Hall–Kier alpha value is -3.41. The van der Waals surface area contributed by atoms with Crippen molar-refractivity contribution in [1.82, 2.24) is 15.3 Å². The van der Waals surface area contributed by atoms with Gasteiger partial charge in [-0.15, -0.1) is 0 Å². The molecule has 2 aromatic carbocycles. The largest absolute Gasteiger partial charge is 0.497 e. The number of hydrogen-bond donors (Lipinski definition) is 2. The van der Waals surface area contributed by atoms with Crippen LogP contribution in [0.25, 0.3) is 0 Å². The van der Waals surface area contributed by atoms with Crippen molar-refractivity contribution < 1.29 is 9.53 Å². The number of nitrogens with one attached hydrogen (secondary N) is 2. The molecule has 0 spiro atoms. The number of anilines is 2. The number of rotatable bonds is 7. The molecule has 1 heterocycles. The van der Waals surface area contributed by atoms with Crippen molar-refractivity contribution in [2.45, 2.75) is 20.3 Å². The van der Waals surface area contributed by atoms with E-state index < -0.39 is 0 Å². The first kappa shape index (κ1) is 19.4. The van der Waals surface area contributed by atoms with E-state index in [4.69, 9.17) is 4.74 Å². The van der Waals surface area contributed by atoms with Gasteiger partial charge < -0.3 is 15.4 Å². The van der Waals surface area contributed by atoms with Crippen molar-refractivity contribution in [3.63, 3.8) is 0 Å². The van der Waals surface area contributed by atoms with E-state index in [1.54, 1.807) is 13.2 Å². The fourth-order valence-electron chi connectivity index (χ4n) is 2.81. The van der Waals surface area contributed by atoms with Crippen LogP contribution in [0.15, 0.2) is 54.9 Å². The molecule has 3 aromatic rings. The molecule has 0 atom stereocenters. The Balaban J connectivity index is 1.61. The van der Waals surface area contributed by atoms with Crippen molar-refractivity contribution in [3.05, 3.63) is 77.2 Å². The Morgan fingerprint density at radius 1 is 1.07 bits per heavy atom. The van der Waals surface area contributed by atoms with Gasteiger partial charge in [-0.25, -0.2) is 9.97 Å². The highest BCUT2D eigenvalue weighted by molar-refractivity contribution is 5.93. The molecule has 0 aliphatic carbocycles. The van der Waals surface area contributed by atoms with Crippen LogP contribution in [-0.4, -0.2) is 29.5 Å². The minimum absolute atomic E-state index is 0.227. The highest BCUT2D eigenvalue weighted by Gasteiger charge is 2.09. The fraction of sp³-hybridized carbons (Fsp3) is 0.227.